The van der Waals surface area contributed by atoms with Crippen LogP contribution in [0.5, 0.6) is 0 Å². The van der Waals surface area contributed by atoms with Crippen molar-refractivity contribution in [3.8, 4) is 0 Å². The first kappa shape index (κ1) is 12.6. The third-order valence-electron chi connectivity index (χ3n) is 2.03. The van der Waals surface area contributed by atoms with E-state index in [1.807, 2.05) is 13.8 Å². The summed E-state index contributed by atoms with van der Waals surface area (Å²) in [6.45, 7) is 3.68. The van der Waals surface area contributed by atoms with E-state index >= 15 is 0 Å². The molecular weight excluding hydrogens is 212 g/mol. The smallest absolute Gasteiger partial charge is 0.221 e. The zero-order valence-corrected chi connectivity index (χ0v) is 10.2. The van der Waals surface area contributed by atoms with Crippen LogP contribution < -0.4 is 11.1 Å². The summed E-state index contributed by atoms with van der Waals surface area (Å²) in [7, 11) is -0.990. The fourth-order valence-electron chi connectivity index (χ4n) is 1.22. The van der Waals surface area contributed by atoms with Gasteiger partial charge >= 0.3 is 0 Å². The van der Waals surface area contributed by atoms with Crippen LogP contribution in [-0.4, -0.2) is 33.2 Å². The number of rotatable bonds is 6. The highest BCUT2D eigenvalue weighted by Gasteiger charge is 2.23. The molecule has 1 unspecified atom stereocenters. The van der Waals surface area contributed by atoms with Crippen molar-refractivity contribution in [2.24, 2.45) is 5.73 Å². The lowest BCUT2D eigenvalue weighted by atomic mass is 10.1. The quantitative estimate of drug-likeness (QED) is 0.684. The molecule has 0 aromatic rings. The summed E-state index contributed by atoms with van der Waals surface area (Å²) >= 11 is 0. The minimum absolute atomic E-state index is 0.0145. The molecule has 1 saturated carbocycles. The Morgan fingerprint density at radius 3 is 2.60 bits per heavy atom. The maximum Gasteiger partial charge on any atom is 0.221 e. The minimum atomic E-state index is -0.990. The predicted octanol–water partition coefficient (Wildman–Crippen LogP) is 0.141. The van der Waals surface area contributed by atoms with Crippen molar-refractivity contribution in [3.63, 3.8) is 0 Å². The maximum atomic E-state index is 11.5. The Morgan fingerprint density at radius 2 is 2.13 bits per heavy atom. The summed E-state index contributed by atoms with van der Waals surface area (Å²) < 4.78 is 11.5. The van der Waals surface area contributed by atoms with Crippen molar-refractivity contribution in [3.05, 3.63) is 0 Å². The highest BCUT2D eigenvalue weighted by Crippen LogP contribution is 2.18. The number of hydrogen-bond donors (Lipinski definition) is 2. The van der Waals surface area contributed by atoms with Crippen molar-refractivity contribution in [2.75, 3.05) is 11.5 Å². The average Bonchev–Trinajstić information content (AvgIpc) is 2.81. The SMILES string of the molecule is CC(C)(N)CS(=O)CCC(=O)NC1CC1. The molecule has 0 aliphatic heterocycles. The van der Waals surface area contributed by atoms with Crippen LogP contribution in [0.25, 0.3) is 0 Å². The molecule has 1 rings (SSSR count). The van der Waals surface area contributed by atoms with E-state index in [4.69, 9.17) is 5.73 Å². The van der Waals surface area contributed by atoms with Gasteiger partial charge in [0.2, 0.25) is 5.91 Å². The lowest BCUT2D eigenvalue weighted by Crippen LogP contribution is -2.39. The lowest BCUT2D eigenvalue weighted by molar-refractivity contribution is -0.120. The van der Waals surface area contributed by atoms with E-state index in [2.05, 4.69) is 5.32 Å². The Hall–Kier alpha value is -0.420. The second-order valence-electron chi connectivity index (χ2n) is 4.87. The molecule has 0 aromatic carbocycles. The fourth-order valence-corrected chi connectivity index (χ4v) is 2.61. The molecular formula is C10H20N2O2S. The van der Waals surface area contributed by atoms with Crippen LogP contribution in [-0.2, 0) is 15.6 Å². The number of carbonyl (C=O) groups excluding carboxylic acids is 1. The molecule has 1 fully saturated rings. The Morgan fingerprint density at radius 1 is 1.53 bits per heavy atom. The van der Waals surface area contributed by atoms with Gasteiger partial charge in [0, 0.05) is 40.3 Å². The standard InChI is InChI=1S/C10H20N2O2S/c1-10(2,11)7-15(14)6-5-9(13)12-8-3-4-8/h8H,3-7,11H2,1-2H3,(H,12,13). The van der Waals surface area contributed by atoms with Gasteiger partial charge in [0.05, 0.1) is 0 Å². The van der Waals surface area contributed by atoms with Crippen molar-refractivity contribution in [1.29, 1.82) is 0 Å². The van der Waals surface area contributed by atoms with Crippen molar-refractivity contribution < 1.29 is 9.00 Å². The summed E-state index contributed by atoms with van der Waals surface area (Å²) in [6, 6.07) is 0.386. The molecule has 0 heterocycles. The maximum absolute atomic E-state index is 11.5. The Labute approximate surface area is 93.4 Å². The molecule has 15 heavy (non-hydrogen) atoms. The summed E-state index contributed by atoms with van der Waals surface area (Å²) in [4.78, 5) is 11.3. The van der Waals surface area contributed by atoms with Crippen LogP contribution in [0, 0.1) is 0 Å². The van der Waals surface area contributed by atoms with E-state index in [9.17, 15) is 9.00 Å². The minimum Gasteiger partial charge on any atom is -0.353 e. The summed E-state index contributed by atoms with van der Waals surface area (Å²) in [5.74, 6) is 0.878. The Bertz CT molecular complexity index is 257. The van der Waals surface area contributed by atoms with E-state index < -0.39 is 16.3 Å². The molecule has 5 heteroatoms. The van der Waals surface area contributed by atoms with Gasteiger partial charge in [-0.05, 0) is 26.7 Å². The molecule has 3 N–H and O–H groups in total. The zero-order chi connectivity index (χ0) is 11.5. The summed E-state index contributed by atoms with van der Waals surface area (Å²) in [5.41, 5.74) is 5.32. The molecule has 1 aliphatic carbocycles. The second-order valence-corrected chi connectivity index (χ2v) is 6.45. The monoisotopic (exact) mass is 232 g/mol. The van der Waals surface area contributed by atoms with E-state index in [1.54, 1.807) is 0 Å². The predicted molar refractivity (Wildman–Crippen MR) is 61.9 cm³/mol. The normalized spacial score (nSPS) is 18.6. The van der Waals surface area contributed by atoms with Crippen molar-refractivity contribution in [2.45, 2.75) is 44.7 Å². The highest BCUT2D eigenvalue weighted by molar-refractivity contribution is 7.85. The van der Waals surface area contributed by atoms with Gasteiger partial charge in [-0.1, -0.05) is 0 Å². The number of nitrogens with one attached hydrogen (secondary N) is 1. The van der Waals surface area contributed by atoms with Gasteiger partial charge in [0.15, 0.2) is 0 Å². The van der Waals surface area contributed by atoms with E-state index in [0.29, 0.717) is 24.0 Å². The molecule has 88 valence electrons. The van der Waals surface area contributed by atoms with Crippen LogP contribution in [0.1, 0.15) is 33.1 Å². The lowest BCUT2D eigenvalue weighted by Gasteiger charge is -2.17. The first-order valence-electron chi connectivity index (χ1n) is 5.30. The number of hydrogen-bond acceptors (Lipinski definition) is 3. The molecule has 0 aromatic heterocycles. The highest BCUT2D eigenvalue weighted by atomic mass is 32.2. The molecule has 1 atom stereocenters. The van der Waals surface area contributed by atoms with Gasteiger partial charge in [-0.3, -0.25) is 9.00 Å². The Balaban J connectivity index is 2.12. The van der Waals surface area contributed by atoms with Crippen LogP contribution in [0.2, 0.25) is 0 Å². The third-order valence-corrected chi connectivity index (χ3v) is 3.76. The number of nitrogens with two attached hydrogens (primary N) is 1. The molecule has 1 aliphatic rings. The van der Waals surface area contributed by atoms with Crippen molar-refractivity contribution in [1.82, 2.24) is 5.32 Å². The van der Waals surface area contributed by atoms with E-state index in [0.717, 1.165) is 12.8 Å². The number of carbonyl (C=O) groups is 1. The zero-order valence-electron chi connectivity index (χ0n) is 9.41. The van der Waals surface area contributed by atoms with Crippen LogP contribution in [0.4, 0.5) is 0 Å². The van der Waals surface area contributed by atoms with Gasteiger partial charge in [-0.25, -0.2) is 0 Å². The van der Waals surface area contributed by atoms with Gasteiger partial charge in [0.25, 0.3) is 0 Å². The van der Waals surface area contributed by atoms with Gasteiger partial charge < -0.3 is 11.1 Å². The Kier molecular flexibility index (Phi) is 4.28. The van der Waals surface area contributed by atoms with Crippen LogP contribution in [0.15, 0.2) is 0 Å². The number of amides is 1. The van der Waals surface area contributed by atoms with Crippen LogP contribution in [0.3, 0.4) is 0 Å². The van der Waals surface area contributed by atoms with E-state index in [-0.39, 0.29) is 5.91 Å². The molecule has 0 bridgehead atoms. The molecule has 1 amide bonds. The summed E-state index contributed by atoms with van der Waals surface area (Å²) in [6.07, 6.45) is 2.52. The average molecular weight is 232 g/mol. The third kappa shape index (κ3) is 6.62. The molecule has 0 radical (unpaired) electrons. The second kappa shape index (κ2) is 5.07. The van der Waals surface area contributed by atoms with Crippen LogP contribution >= 0.6 is 0 Å². The molecule has 0 saturated heterocycles. The first-order chi connectivity index (χ1) is 6.87. The largest absolute Gasteiger partial charge is 0.353 e. The van der Waals surface area contributed by atoms with Gasteiger partial charge in [-0.2, -0.15) is 0 Å². The molecule has 4 nitrogen and oxygen atoms in total. The van der Waals surface area contributed by atoms with E-state index in [1.165, 1.54) is 0 Å². The van der Waals surface area contributed by atoms with Gasteiger partial charge in [-0.15, -0.1) is 0 Å². The first-order valence-corrected chi connectivity index (χ1v) is 6.79. The topological polar surface area (TPSA) is 72.2 Å². The summed E-state index contributed by atoms with van der Waals surface area (Å²) in [5, 5.41) is 2.87. The molecule has 0 spiro atoms. The van der Waals surface area contributed by atoms with Gasteiger partial charge in [0.1, 0.15) is 0 Å². The fraction of sp³-hybridized carbons (Fsp3) is 0.900. The van der Waals surface area contributed by atoms with Crippen molar-refractivity contribution >= 4 is 16.7 Å².